The lowest BCUT2D eigenvalue weighted by molar-refractivity contribution is -0.384. The molecule has 2 aromatic rings. The fourth-order valence-electron chi connectivity index (χ4n) is 1.65. The monoisotopic (exact) mass is 353 g/mol. The number of nitro benzene ring substituents is 1. The van der Waals surface area contributed by atoms with E-state index in [0.29, 0.717) is 4.47 Å². The van der Waals surface area contributed by atoms with Crippen LogP contribution in [0.25, 0.3) is 0 Å². The molecule has 2 rings (SSSR count). The first kappa shape index (κ1) is 14.9. The zero-order chi connectivity index (χ0) is 15.6. The van der Waals surface area contributed by atoms with Crippen LogP contribution in [-0.2, 0) is 0 Å². The fraction of sp³-hybridized carbons (Fsp3) is 0. The van der Waals surface area contributed by atoms with Gasteiger partial charge in [0.2, 0.25) is 0 Å². The van der Waals surface area contributed by atoms with Gasteiger partial charge in [0.05, 0.1) is 21.0 Å². The average Bonchev–Trinajstić information content (AvgIpc) is 2.40. The number of amidine groups is 1. The molecule has 0 aromatic heterocycles. The normalized spacial score (nSPS) is 10.2. The second-order valence-electron chi connectivity index (χ2n) is 4.00. The smallest absolute Gasteiger partial charge is 0.273 e. The highest BCUT2D eigenvalue weighted by Gasteiger charge is 2.16. The molecule has 0 heterocycles. The Hall–Kier alpha value is -2.48. The van der Waals surface area contributed by atoms with Crippen LogP contribution in [0.4, 0.5) is 10.1 Å². The number of nitrogens with two attached hydrogens (primary N) is 1. The standard InChI is InChI=1S/C13H9BrFN3O3/c14-8-5-4-7(18(19)20)6-11(8)21-10-3-1-2-9(15)12(10)13(16)17/h1-6H,(H3,16,17). The molecule has 0 saturated heterocycles. The van der Waals surface area contributed by atoms with E-state index in [9.17, 15) is 14.5 Å². The number of nitro groups is 1. The van der Waals surface area contributed by atoms with Crippen molar-refractivity contribution < 1.29 is 14.1 Å². The largest absolute Gasteiger partial charge is 0.455 e. The molecule has 0 aliphatic rings. The van der Waals surface area contributed by atoms with E-state index in [1.54, 1.807) is 0 Å². The minimum absolute atomic E-state index is 0.00342. The Morgan fingerprint density at radius 1 is 1.33 bits per heavy atom. The Bertz CT molecular complexity index is 737. The first-order valence-corrected chi connectivity index (χ1v) is 6.44. The van der Waals surface area contributed by atoms with Gasteiger partial charge < -0.3 is 10.5 Å². The van der Waals surface area contributed by atoms with Crippen molar-refractivity contribution in [2.75, 3.05) is 0 Å². The number of ether oxygens (including phenoxy) is 1. The molecule has 0 aliphatic carbocycles. The number of non-ortho nitro benzene ring substituents is 1. The first-order chi connectivity index (χ1) is 9.90. The molecule has 6 nitrogen and oxygen atoms in total. The summed E-state index contributed by atoms with van der Waals surface area (Å²) >= 11 is 3.19. The van der Waals surface area contributed by atoms with Gasteiger partial charge in [-0.1, -0.05) is 6.07 Å². The van der Waals surface area contributed by atoms with Gasteiger partial charge in [-0.25, -0.2) is 4.39 Å². The number of hydrogen-bond acceptors (Lipinski definition) is 4. The van der Waals surface area contributed by atoms with Gasteiger partial charge in [0.25, 0.3) is 5.69 Å². The minimum atomic E-state index is -0.707. The molecule has 0 bridgehead atoms. The minimum Gasteiger partial charge on any atom is -0.455 e. The maximum Gasteiger partial charge on any atom is 0.273 e. The summed E-state index contributed by atoms with van der Waals surface area (Å²) in [5, 5.41) is 18.2. The van der Waals surface area contributed by atoms with E-state index in [-0.39, 0.29) is 22.7 Å². The van der Waals surface area contributed by atoms with Gasteiger partial charge >= 0.3 is 0 Å². The molecule has 0 saturated carbocycles. The van der Waals surface area contributed by atoms with E-state index in [1.165, 1.54) is 30.3 Å². The van der Waals surface area contributed by atoms with Crippen molar-refractivity contribution in [3.05, 3.63) is 62.4 Å². The maximum atomic E-state index is 13.7. The second-order valence-corrected chi connectivity index (χ2v) is 4.85. The highest BCUT2D eigenvalue weighted by atomic mass is 79.9. The third-order valence-corrected chi connectivity index (χ3v) is 3.25. The predicted molar refractivity (Wildman–Crippen MR) is 78.3 cm³/mol. The quantitative estimate of drug-likeness (QED) is 0.379. The molecule has 21 heavy (non-hydrogen) atoms. The summed E-state index contributed by atoms with van der Waals surface area (Å²) in [6, 6.07) is 7.90. The van der Waals surface area contributed by atoms with Gasteiger partial charge in [-0.3, -0.25) is 15.5 Å². The third kappa shape index (κ3) is 3.16. The zero-order valence-corrected chi connectivity index (χ0v) is 12.1. The number of benzene rings is 2. The van der Waals surface area contributed by atoms with Crippen LogP contribution in [0.2, 0.25) is 0 Å². The molecular weight excluding hydrogens is 345 g/mol. The van der Waals surface area contributed by atoms with Crippen LogP contribution in [0.5, 0.6) is 11.5 Å². The van der Waals surface area contributed by atoms with E-state index in [2.05, 4.69) is 15.9 Å². The molecule has 2 aromatic carbocycles. The van der Waals surface area contributed by atoms with Gasteiger partial charge in [-0.05, 0) is 34.1 Å². The van der Waals surface area contributed by atoms with E-state index in [4.69, 9.17) is 15.9 Å². The van der Waals surface area contributed by atoms with Crippen molar-refractivity contribution in [3.63, 3.8) is 0 Å². The second kappa shape index (κ2) is 5.88. The van der Waals surface area contributed by atoms with Crippen LogP contribution in [0.1, 0.15) is 5.56 Å². The number of nitrogen functional groups attached to an aromatic ring is 1. The van der Waals surface area contributed by atoms with E-state index < -0.39 is 16.6 Å². The molecule has 0 radical (unpaired) electrons. The molecule has 0 amide bonds. The Morgan fingerprint density at radius 2 is 2.05 bits per heavy atom. The van der Waals surface area contributed by atoms with Crippen molar-refractivity contribution in [3.8, 4) is 11.5 Å². The zero-order valence-electron chi connectivity index (χ0n) is 10.5. The molecule has 3 N–H and O–H groups in total. The van der Waals surface area contributed by atoms with Crippen LogP contribution >= 0.6 is 15.9 Å². The maximum absolute atomic E-state index is 13.7. The Kier molecular flexibility index (Phi) is 4.18. The molecule has 0 aliphatic heterocycles. The summed E-state index contributed by atoms with van der Waals surface area (Å²) in [6.07, 6.45) is 0. The molecule has 8 heteroatoms. The van der Waals surface area contributed by atoms with E-state index >= 15 is 0 Å². The van der Waals surface area contributed by atoms with Crippen LogP contribution in [-0.4, -0.2) is 10.8 Å². The van der Waals surface area contributed by atoms with Crippen molar-refractivity contribution in [1.29, 1.82) is 5.41 Å². The van der Waals surface area contributed by atoms with Gasteiger partial charge in [0.1, 0.15) is 23.2 Å². The third-order valence-electron chi connectivity index (χ3n) is 2.59. The van der Waals surface area contributed by atoms with E-state index in [1.807, 2.05) is 0 Å². The van der Waals surface area contributed by atoms with Crippen molar-refractivity contribution in [2.24, 2.45) is 5.73 Å². The van der Waals surface area contributed by atoms with Crippen LogP contribution in [0.3, 0.4) is 0 Å². The Morgan fingerprint density at radius 3 is 2.67 bits per heavy atom. The van der Waals surface area contributed by atoms with Gasteiger partial charge in [-0.2, -0.15) is 0 Å². The van der Waals surface area contributed by atoms with Crippen molar-refractivity contribution in [2.45, 2.75) is 0 Å². The van der Waals surface area contributed by atoms with E-state index in [0.717, 1.165) is 6.07 Å². The highest BCUT2D eigenvalue weighted by Crippen LogP contribution is 2.34. The average molecular weight is 354 g/mol. The Balaban J connectivity index is 2.48. The lowest BCUT2D eigenvalue weighted by Crippen LogP contribution is -2.14. The molecule has 108 valence electrons. The molecule has 0 unspecified atom stereocenters. The van der Waals surface area contributed by atoms with Gasteiger partial charge in [0, 0.05) is 6.07 Å². The summed E-state index contributed by atoms with van der Waals surface area (Å²) in [4.78, 5) is 10.2. The summed E-state index contributed by atoms with van der Waals surface area (Å²) in [7, 11) is 0. The summed E-state index contributed by atoms with van der Waals surface area (Å²) < 4.78 is 19.6. The number of nitrogens with one attached hydrogen (secondary N) is 1. The fourth-order valence-corrected chi connectivity index (χ4v) is 1.98. The summed E-state index contributed by atoms with van der Waals surface area (Å²) in [6.45, 7) is 0. The highest BCUT2D eigenvalue weighted by molar-refractivity contribution is 9.10. The summed E-state index contributed by atoms with van der Waals surface area (Å²) in [5.41, 5.74) is 4.96. The SMILES string of the molecule is N=C(N)c1c(F)cccc1Oc1cc([N+](=O)[O-])ccc1Br. The van der Waals surface area contributed by atoms with Gasteiger partial charge in [-0.15, -0.1) is 0 Å². The lowest BCUT2D eigenvalue weighted by atomic mass is 10.1. The lowest BCUT2D eigenvalue weighted by Gasteiger charge is -2.12. The first-order valence-electron chi connectivity index (χ1n) is 5.65. The van der Waals surface area contributed by atoms with Crippen LogP contribution in [0.15, 0.2) is 40.9 Å². The van der Waals surface area contributed by atoms with Crippen molar-refractivity contribution >= 4 is 27.5 Å². The summed E-state index contributed by atoms with van der Waals surface area (Å²) in [5.74, 6) is -1.08. The number of hydrogen-bond donors (Lipinski definition) is 2. The van der Waals surface area contributed by atoms with Crippen LogP contribution < -0.4 is 10.5 Å². The molecular formula is C13H9BrFN3O3. The van der Waals surface area contributed by atoms with Crippen LogP contribution in [0, 0.1) is 21.3 Å². The Labute approximate surface area is 127 Å². The molecule has 0 fully saturated rings. The van der Waals surface area contributed by atoms with Crippen molar-refractivity contribution in [1.82, 2.24) is 0 Å². The predicted octanol–water partition coefficient (Wildman–Crippen LogP) is 3.57. The van der Waals surface area contributed by atoms with Gasteiger partial charge in [0.15, 0.2) is 0 Å². The number of rotatable bonds is 4. The molecule has 0 spiro atoms. The number of halogens is 2. The number of nitrogens with zero attached hydrogens (tertiary/aromatic N) is 1. The molecule has 0 atom stereocenters. The topological polar surface area (TPSA) is 102 Å².